The van der Waals surface area contributed by atoms with Gasteiger partial charge in [0.15, 0.2) is 0 Å². The van der Waals surface area contributed by atoms with E-state index in [2.05, 4.69) is 53.4 Å². The van der Waals surface area contributed by atoms with Crippen molar-refractivity contribution in [3.63, 3.8) is 0 Å². The number of nitrogens with one attached hydrogen (secondary N) is 1. The van der Waals surface area contributed by atoms with Crippen molar-refractivity contribution in [2.24, 2.45) is 5.84 Å². The zero-order valence-electron chi connectivity index (χ0n) is 13.6. The number of benzene rings is 1. The lowest BCUT2D eigenvalue weighted by Gasteiger charge is -2.19. The maximum atomic E-state index is 5.75. The molecule has 0 bridgehead atoms. The molecule has 0 aliphatic carbocycles. The number of unbranched alkanes of at least 4 members (excludes halogenated alkanes) is 7. The second kappa shape index (κ2) is 11.2. The van der Waals surface area contributed by atoms with Crippen molar-refractivity contribution < 1.29 is 0 Å². The molecule has 0 amide bonds. The predicted molar refractivity (Wildman–Crippen MR) is 96.2 cm³/mol. The van der Waals surface area contributed by atoms with E-state index in [1.54, 1.807) is 0 Å². The van der Waals surface area contributed by atoms with Gasteiger partial charge in [-0.25, -0.2) is 0 Å². The Bertz CT molecular complexity index is 393. The lowest BCUT2D eigenvalue weighted by atomic mass is 9.96. The normalized spacial score (nSPS) is 12.6. The molecule has 0 radical (unpaired) electrons. The van der Waals surface area contributed by atoms with Crippen molar-refractivity contribution in [1.82, 2.24) is 5.43 Å². The van der Waals surface area contributed by atoms with Gasteiger partial charge in [-0.2, -0.15) is 0 Å². The molecule has 0 aliphatic heterocycles. The number of hydrazine groups is 1. The van der Waals surface area contributed by atoms with Gasteiger partial charge in [0.2, 0.25) is 0 Å². The highest BCUT2D eigenvalue weighted by Gasteiger charge is 2.12. The molecule has 120 valence electrons. The van der Waals surface area contributed by atoms with Crippen molar-refractivity contribution in [2.75, 3.05) is 0 Å². The smallest absolute Gasteiger partial charge is 0.0463 e. The van der Waals surface area contributed by atoms with E-state index in [0.717, 1.165) is 10.9 Å². The molecule has 0 aromatic heterocycles. The third kappa shape index (κ3) is 6.94. The predicted octanol–water partition coefficient (Wildman–Crippen LogP) is 5.79. The quantitative estimate of drug-likeness (QED) is 0.299. The molecule has 0 spiro atoms. The van der Waals surface area contributed by atoms with Crippen LogP contribution in [0.15, 0.2) is 22.7 Å². The van der Waals surface area contributed by atoms with E-state index >= 15 is 0 Å². The van der Waals surface area contributed by atoms with Crippen LogP contribution in [0.2, 0.25) is 0 Å². The van der Waals surface area contributed by atoms with Crippen LogP contribution in [0.5, 0.6) is 0 Å². The van der Waals surface area contributed by atoms with Gasteiger partial charge in [-0.15, -0.1) is 0 Å². The van der Waals surface area contributed by atoms with Crippen LogP contribution in [0.1, 0.15) is 81.9 Å². The van der Waals surface area contributed by atoms with Crippen molar-refractivity contribution in [2.45, 2.75) is 77.7 Å². The first-order valence-corrected chi connectivity index (χ1v) is 9.21. The third-order valence-corrected chi connectivity index (χ3v) is 5.09. The van der Waals surface area contributed by atoms with Crippen LogP contribution >= 0.6 is 15.9 Å². The average molecular weight is 355 g/mol. The van der Waals surface area contributed by atoms with Crippen molar-refractivity contribution in [1.29, 1.82) is 0 Å². The third-order valence-electron chi connectivity index (χ3n) is 4.23. The molecule has 1 unspecified atom stereocenters. The summed E-state index contributed by atoms with van der Waals surface area (Å²) in [6.07, 6.45) is 11.9. The van der Waals surface area contributed by atoms with Crippen molar-refractivity contribution >= 4 is 15.9 Å². The van der Waals surface area contributed by atoms with E-state index < -0.39 is 0 Å². The van der Waals surface area contributed by atoms with E-state index in [9.17, 15) is 0 Å². The highest BCUT2D eigenvalue weighted by Crippen LogP contribution is 2.27. The molecule has 1 atom stereocenters. The molecular formula is C18H31BrN2. The first-order chi connectivity index (χ1) is 10.2. The van der Waals surface area contributed by atoms with Gasteiger partial charge < -0.3 is 0 Å². The summed E-state index contributed by atoms with van der Waals surface area (Å²) in [6.45, 7) is 4.42. The van der Waals surface area contributed by atoms with Crippen LogP contribution in [0.4, 0.5) is 0 Å². The van der Waals surface area contributed by atoms with Crippen LogP contribution in [-0.4, -0.2) is 0 Å². The maximum Gasteiger partial charge on any atom is 0.0463 e. The Morgan fingerprint density at radius 2 is 1.67 bits per heavy atom. The molecule has 3 N–H and O–H groups in total. The van der Waals surface area contributed by atoms with Gasteiger partial charge >= 0.3 is 0 Å². The summed E-state index contributed by atoms with van der Waals surface area (Å²) >= 11 is 3.60. The second-order valence-electron chi connectivity index (χ2n) is 5.94. The maximum absolute atomic E-state index is 5.75. The van der Waals surface area contributed by atoms with Gasteiger partial charge in [0.05, 0.1) is 0 Å². The molecule has 21 heavy (non-hydrogen) atoms. The summed E-state index contributed by atoms with van der Waals surface area (Å²) in [5.74, 6) is 5.75. The minimum atomic E-state index is 0.266. The molecule has 1 aromatic rings. The fourth-order valence-electron chi connectivity index (χ4n) is 2.81. The highest BCUT2D eigenvalue weighted by atomic mass is 79.9. The fourth-order valence-corrected chi connectivity index (χ4v) is 3.19. The second-order valence-corrected chi connectivity index (χ2v) is 6.79. The Hall–Kier alpha value is -0.380. The van der Waals surface area contributed by atoms with E-state index in [1.165, 1.54) is 62.5 Å². The van der Waals surface area contributed by atoms with Gasteiger partial charge in [0.25, 0.3) is 0 Å². The zero-order chi connectivity index (χ0) is 15.5. The first kappa shape index (κ1) is 18.7. The van der Waals surface area contributed by atoms with Crippen LogP contribution < -0.4 is 11.3 Å². The molecule has 0 saturated heterocycles. The number of hydrogen-bond acceptors (Lipinski definition) is 2. The summed E-state index contributed by atoms with van der Waals surface area (Å²) in [5.41, 5.74) is 5.59. The molecule has 0 fully saturated rings. The Morgan fingerprint density at radius 1 is 1.05 bits per heavy atom. The summed E-state index contributed by atoms with van der Waals surface area (Å²) in [7, 11) is 0. The van der Waals surface area contributed by atoms with Crippen molar-refractivity contribution in [3.8, 4) is 0 Å². The summed E-state index contributed by atoms with van der Waals surface area (Å²) in [6, 6.07) is 6.62. The monoisotopic (exact) mass is 354 g/mol. The Balaban J connectivity index is 2.27. The molecule has 1 aromatic carbocycles. The summed E-state index contributed by atoms with van der Waals surface area (Å²) in [4.78, 5) is 0. The zero-order valence-corrected chi connectivity index (χ0v) is 15.2. The Kier molecular flexibility index (Phi) is 9.98. The SMILES string of the molecule is CCCCCCCCCCC(NN)c1cccc(Br)c1C. The summed E-state index contributed by atoms with van der Waals surface area (Å²) < 4.78 is 1.16. The highest BCUT2D eigenvalue weighted by molar-refractivity contribution is 9.10. The van der Waals surface area contributed by atoms with Crippen molar-refractivity contribution in [3.05, 3.63) is 33.8 Å². The molecule has 2 nitrogen and oxygen atoms in total. The molecule has 3 heteroatoms. The number of nitrogens with two attached hydrogens (primary N) is 1. The minimum absolute atomic E-state index is 0.266. The number of rotatable bonds is 11. The standard InChI is InChI=1S/C18H31BrN2/c1-3-4-5-6-7-8-9-10-14-18(21-20)16-12-11-13-17(19)15(16)2/h11-13,18,21H,3-10,14,20H2,1-2H3. The van der Waals surface area contributed by atoms with Crippen LogP contribution in [-0.2, 0) is 0 Å². The molecule has 0 heterocycles. The van der Waals surface area contributed by atoms with Crippen LogP contribution in [0, 0.1) is 6.92 Å². The number of halogens is 1. The lowest BCUT2D eigenvalue weighted by Crippen LogP contribution is -2.28. The van der Waals surface area contributed by atoms with Gasteiger partial charge in [0.1, 0.15) is 0 Å². The Morgan fingerprint density at radius 3 is 2.29 bits per heavy atom. The fraction of sp³-hybridized carbons (Fsp3) is 0.667. The molecule has 0 saturated carbocycles. The van der Waals surface area contributed by atoms with Crippen LogP contribution in [0.3, 0.4) is 0 Å². The molecular weight excluding hydrogens is 324 g/mol. The van der Waals surface area contributed by atoms with Crippen LogP contribution in [0.25, 0.3) is 0 Å². The van der Waals surface area contributed by atoms with Gasteiger partial charge in [0, 0.05) is 10.5 Å². The topological polar surface area (TPSA) is 38.0 Å². The van der Waals surface area contributed by atoms with E-state index in [1.807, 2.05) is 0 Å². The van der Waals surface area contributed by atoms with Gasteiger partial charge in [-0.05, 0) is 30.5 Å². The Labute approximate surface area is 139 Å². The van der Waals surface area contributed by atoms with E-state index in [0.29, 0.717) is 0 Å². The molecule has 0 aliphatic rings. The first-order valence-electron chi connectivity index (χ1n) is 8.41. The summed E-state index contributed by atoms with van der Waals surface area (Å²) in [5, 5.41) is 0. The average Bonchev–Trinajstić information content (AvgIpc) is 2.49. The molecule has 1 rings (SSSR count). The van der Waals surface area contributed by atoms with Gasteiger partial charge in [-0.3, -0.25) is 11.3 Å². The minimum Gasteiger partial charge on any atom is -0.271 e. The number of hydrogen-bond donors (Lipinski definition) is 2. The largest absolute Gasteiger partial charge is 0.271 e. The van der Waals surface area contributed by atoms with Gasteiger partial charge in [-0.1, -0.05) is 86.4 Å². The van der Waals surface area contributed by atoms with E-state index in [-0.39, 0.29) is 6.04 Å². The van der Waals surface area contributed by atoms with E-state index in [4.69, 9.17) is 5.84 Å². The lowest BCUT2D eigenvalue weighted by molar-refractivity contribution is 0.473.